The van der Waals surface area contributed by atoms with Crippen molar-refractivity contribution >= 4 is 9.84 Å². The second-order valence-corrected chi connectivity index (χ2v) is 7.69. The monoisotopic (exact) mass is 313 g/mol. The Labute approximate surface area is 126 Å². The van der Waals surface area contributed by atoms with Gasteiger partial charge in [0.05, 0.1) is 25.7 Å². The Morgan fingerprint density at radius 3 is 2.52 bits per heavy atom. The molecule has 1 fully saturated rings. The predicted octanol–water partition coefficient (Wildman–Crippen LogP) is 1.79. The largest absolute Gasteiger partial charge is 0.493 e. The van der Waals surface area contributed by atoms with Gasteiger partial charge in [0.1, 0.15) is 0 Å². The zero-order chi connectivity index (χ0) is 15.5. The Hall–Kier alpha value is -1.27. The lowest BCUT2D eigenvalue weighted by molar-refractivity contribution is 0.353. The van der Waals surface area contributed by atoms with Gasteiger partial charge in [-0.2, -0.15) is 0 Å². The number of rotatable bonds is 6. The van der Waals surface area contributed by atoms with Crippen LogP contribution < -0.4 is 14.8 Å². The summed E-state index contributed by atoms with van der Waals surface area (Å²) in [5, 5.41) is 3.27. The lowest BCUT2D eigenvalue weighted by atomic mass is 9.94. The van der Waals surface area contributed by atoms with Gasteiger partial charge in [-0.15, -0.1) is 0 Å². The van der Waals surface area contributed by atoms with Gasteiger partial charge in [0, 0.05) is 6.04 Å². The molecule has 1 N–H and O–H groups in total. The van der Waals surface area contributed by atoms with Crippen LogP contribution in [0.4, 0.5) is 0 Å². The molecule has 2 unspecified atom stereocenters. The van der Waals surface area contributed by atoms with Crippen LogP contribution in [0, 0.1) is 5.92 Å². The second kappa shape index (κ2) is 6.66. The van der Waals surface area contributed by atoms with E-state index in [1.165, 1.54) is 0 Å². The predicted molar refractivity (Wildman–Crippen MR) is 82.7 cm³/mol. The summed E-state index contributed by atoms with van der Waals surface area (Å²) < 4.78 is 33.7. The molecule has 1 aromatic rings. The molecule has 0 amide bonds. The third-order valence-electron chi connectivity index (χ3n) is 4.05. The van der Waals surface area contributed by atoms with Crippen LogP contribution in [0.25, 0.3) is 0 Å². The van der Waals surface area contributed by atoms with Gasteiger partial charge in [-0.05, 0) is 43.5 Å². The maximum Gasteiger partial charge on any atom is 0.161 e. The average Bonchev–Trinajstić information content (AvgIpc) is 2.83. The van der Waals surface area contributed by atoms with Crippen LogP contribution in [-0.2, 0) is 9.84 Å². The fourth-order valence-corrected chi connectivity index (χ4v) is 4.76. The molecule has 0 radical (unpaired) electrons. The van der Waals surface area contributed by atoms with E-state index in [2.05, 4.69) is 5.32 Å². The van der Waals surface area contributed by atoms with Crippen molar-refractivity contribution in [2.24, 2.45) is 5.92 Å². The summed E-state index contributed by atoms with van der Waals surface area (Å²) in [7, 11) is 2.28. The van der Waals surface area contributed by atoms with Crippen molar-refractivity contribution in [1.82, 2.24) is 5.32 Å². The highest BCUT2D eigenvalue weighted by Gasteiger charge is 2.30. The number of hydrogen-bond donors (Lipinski definition) is 1. The molecular formula is C15H23NO4S. The molecule has 2 atom stereocenters. The Morgan fingerprint density at radius 1 is 1.29 bits per heavy atom. The molecule has 5 nitrogen and oxygen atoms in total. The summed E-state index contributed by atoms with van der Waals surface area (Å²) >= 11 is 0. The summed E-state index contributed by atoms with van der Waals surface area (Å²) in [6.45, 7) is 0. The first-order valence-electron chi connectivity index (χ1n) is 7.08. The average molecular weight is 313 g/mol. The maximum absolute atomic E-state index is 11.6. The van der Waals surface area contributed by atoms with Crippen LogP contribution in [-0.4, -0.2) is 41.2 Å². The smallest absolute Gasteiger partial charge is 0.161 e. The summed E-state index contributed by atoms with van der Waals surface area (Å²) in [4.78, 5) is 0. The van der Waals surface area contributed by atoms with E-state index < -0.39 is 9.84 Å². The standard InChI is InChI=1S/C15H23NO4S/c1-16-13(8-11-6-7-21(17,18)10-11)12-4-5-14(19-2)15(9-12)20-3/h4-5,9,11,13,16H,6-8,10H2,1-3H3. The minimum absolute atomic E-state index is 0.114. The summed E-state index contributed by atoms with van der Waals surface area (Å²) in [6.07, 6.45) is 1.57. The molecule has 6 heteroatoms. The van der Waals surface area contributed by atoms with Crippen LogP contribution in [0.1, 0.15) is 24.4 Å². The second-order valence-electron chi connectivity index (χ2n) is 5.46. The summed E-state index contributed by atoms with van der Waals surface area (Å²) in [5.74, 6) is 2.23. The number of ether oxygens (including phenoxy) is 2. The number of methoxy groups -OCH3 is 2. The highest BCUT2D eigenvalue weighted by atomic mass is 32.2. The number of benzene rings is 1. The zero-order valence-electron chi connectivity index (χ0n) is 12.8. The zero-order valence-corrected chi connectivity index (χ0v) is 13.6. The molecular weight excluding hydrogens is 290 g/mol. The summed E-state index contributed by atoms with van der Waals surface area (Å²) in [5.41, 5.74) is 1.08. The van der Waals surface area contributed by atoms with Crippen molar-refractivity contribution in [3.8, 4) is 11.5 Å². The normalized spacial score (nSPS) is 22.0. The van der Waals surface area contributed by atoms with Crippen LogP contribution in [0.2, 0.25) is 0 Å². The van der Waals surface area contributed by atoms with Gasteiger partial charge >= 0.3 is 0 Å². The van der Waals surface area contributed by atoms with Crippen molar-refractivity contribution in [2.45, 2.75) is 18.9 Å². The van der Waals surface area contributed by atoms with E-state index in [0.717, 1.165) is 18.4 Å². The Bertz CT molecular complexity index is 585. The summed E-state index contributed by atoms with van der Waals surface area (Å²) in [6, 6.07) is 5.93. The minimum Gasteiger partial charge on any atom is -0.493 e. The van der Waals surface area contributed by atoms with Gasteiger partial charge < -0.3 is 14.8 Å². The number of sulfone groups is 1. The molecule has 1 heterocycles. The molecule has 0 aromatic heterocycles. The van der Waals surface area contributed by atoms with Gasteiger partial charge in [0.15, 0.2) is 21.3 Å². The molecule has 1 aromatic carbocycles. The molecule has 0 aliphatic carbocycles. The van der Waals surface area contributed by atoms with E-state index in [1.807, 2.05) is 25.2 Å². The van der Waals surface area contributed by atoms with Gasteiger partial charge in [-0.3, -0.25) is 0 Å². The van der Waals surface area contributed by atoms with E-state index in [9.17, 15) is 8.42 Å². The SMILES string of the molecule is CNC(CC1CCS(=O)(=O)C1)c1ccc(OC)c(OC)c1. The molecule has 1 aliphatic heterocycles. The Morgan fingerprint density at radius 2 is 2.00 bits per heavy atom. The van der Waals surface area contributed by atoms with E-state index in [1.54, 1.807) is 14.2 Å². The number of nitrogens with one attached hydrogen (secondary N) is 1. The van der Waals surface area contributed by atoms with Gasteiger partial charge in [0.2, 0.25) is 0 Å². The molecule has 118 valence electrons. The Balaban J connectivity index is 2.14. The lowest BCUT2D eigenvalue weighted by Gasteiger charge is -2.21. The fraction of sp³-hybridized carbons (Fsp3) is 0.600. The van der Waals surface area contributed by atoms with E-state index >= 15 is 0 Å². The third kappa shape index (κ3) is 3.89. The van der Waals surface area contributed by atoms with E-state index in [4.69, 9.17) is 9.47 Å². The molecule has 0 spiro atoms. The van der Waals surface area contributed by atoms with Crippen molar-refractivity contribution in [1.29, 1.82) is 0 Å². The fourth-order valence-electron chi connectivity index (χ4n) is 2.88. The quantitative estimate of drug-likeness (QED) is 0.867. The first-order chi connectivity index (χ1) is 9.99. The van der Waals surface area contributed by atoms with Crippen molar-refractivity contribution in [3.05, 3.63) is 23.8 Å². The third-order valence-corrected chi connectivity index (χ3v) is 5.89. The highest BCUT2D eigenvalue weighted by molar-refractivity contribution is 7.91. The van der Waals surface area contributed by atoms with Crippen molar-refractivity contribution in [3.63, 3.8) is 0 Å². The van der Waals surface area contributed by atoms with E-state index in [-0.39, 0.29) is 12.0 Å². The van der Waals surface area contributed by atoms with Crippen molar-refractivity contribution < 1.29 is 17.9 Å². The topological polar surface area (TPSA) is 64.6 Å². The highest BCUT2D eigenvalue weighted by Crippen LogP contribution is 2.33. The molecule has 1 aliphatic rings. The minimum atomic E-state index is -2.83. The first-order valence-corrected chi connectivity index (χ1v) is 8.91. The van der Waals surface area contributed by atoms with Gasteiger partial charge in [-0.25, -0.2) is 8.42 Å². The van der Waals surface area contributed by atoms with Crippen LogP contribution in [0.5, 0.6) is 11.5 Å². The van der Waals surface area contributed by atoms with Crippen LogP contribution in [0.3, 0.4) is 0 Å². The molecule has 0 saturated carbocycles. The Kier molecular flexibility index (Phi) is 5.11. The van der Waals surface area contributed by atoms with Crippen LogP contribution >= 0.6 is 0 Å². The van der Waals surface area contributed by atoms with Gasteiger partial charge in [0.25, 0.3) is 0 Å². The van der Waals surface area contributed by atoms with Crippen LogP contribution in [0.15, 0.2) is 18.2 Å². The molecule has 0 bridgehead atoms. The first kappa shape index (κ1) is 16.1. The molecule has 21 heavy (non-hydrogen) atoms. The molecule has 2 rings (SSSR count). The maximum atomic E-state index is 11.6. The number of hydrogen-bond acceptors (Lipinski definition) is 5. The molecule has 1 saturated heterocycles. The van der Waals surface area contributed by atoms with E-state index in [0.29, 0.717) is 23.0 Å². The van der Waals surface area contributed by atoms with Crippen molar-refractivity contribution in [2.75, 3.05) is 32.8 Å². The lowest BCUT2D eigenvalue weighted by Crippen LogP contribution is -2.20. The van der Waals surface area contributed by atoms with Gasteiger partial charge in [-0.1, -0.05) is 6.07 Å².